The maximum atomic E-state index is 2.43. The third-order valence-electron chi connectivity index (χ3n) is 5.81. The van der Waals surface area contributed by atoms with Crippen LogP contribution in [0.5, 0.6) is 0 Å². The lowest BCUT2D eigenvalue weighted by molar-refractivity contribution is -0.0704. The smallest absolute Gasteiger partial charge is 0.0287 e. The Bertz CT molecular complexity index is 233. The minimum Gasteiger partial charge on any atom is -0.0625 e. The Morgan fingerprint density at radius 3 is 1.94 bits per heavy atom. The summed E-state index contributed by atoms with van der Waals surface area (Å²) < 4.78 is 0. The molecule has 92 valence electrons. The van der Waals surface area contributed by atoms with Crippen molar-refractivity contribution < 1.29 is 0 Å². The highest BCUT2D eigenvalue weighted by Gasteiger charge is 2.51. The first kappa shape index (κ1) is 11.1. The quantitative estimate of drug-likeness (QED) is 0.612. The molecule has 3 fully saturated rings. The van der Waals surface area contributed by atoms with Gasteiger partial charge in [0, 0.05) is 0 Å². The molecule has 0 nitrogen and oxygen atoms in total. The van der Waals surface area contributed by atoms with Crippen molar-refractivity contribution in [2.75, 3.05) is 0 Å². The fourth-order valence-corrected chi connectivity index (χ4v) is 5.12. The van der Waals surface area contributed by atoms with Crippen LogP contribution in [0.1, 0.15) is 71.6 Å². The Hall–Kier alpha value is 0. The molecule has 3 rings (SSSR count). The van der Waals surface area contributed by atoms with E-state index in [4.69, 9.17) is 0 Å². The van der Waals surface area contributed by atoms with Crippen molar-refractivity contribution in [2.45, 2.75) is 71.6 Å². The first-order chi connectivity index (χ1) is 7.65. The molecular formula is C16H28. The van der Waals surface area contributed by atoms with Gasteiger partial charge in [-0.05, 0) is 61.2 Å². The van der Waals surface area contributed by atoms with E-state index in [0.29, 0.717) is 0 Å². The molecule has 0 heterocycles. The van der Waals surface area contributed by atoms with Gasteiger partial charge in [-0.3, -0.25) is 0 Å². The first-order valence-electron chi connectivity index (χ1n) is 7.65. The van der Waals surface area contributed by atoms with Crippen LogP contribution >= 0.6 is 0 Å². The summed E-state index contributed by atoms with van der Waals surface area (Å²) in [5.74, 6) is 4.31. The molecule has 0 aromatic rings. The monoisotopic (exact) mass is 220 g/mol. The van der Waals surface area contributed by atoms with Crippen molar-refractivity contribution >= 4 is 0 Å². The molecule has 0 radical (unpaired) electrons. The summed E-state index contributed by atoms with van der Waals surface area (Å²) in [6.45, 7) is 4.87. The topological polar surface area (TPSA) is 0 Å². The third-order valence-corrected chi connectivity index (χ3v) is 5.81. The number of rotatable bonds is 2. The van der Waals surface area contributed by atoms with Crippen molar-refractivity contribution in [3.8, 4) is 0 Å². The second kappa shape index (κ2) is 4.03. The fourth-order valence-electron chi connectivity index (χ4n) is 5.12. The normalized spacial score (nSPS) is 52.1. The summed E-state index contributed by atoms with van der Waals surface area (Å²) in [6, 6.07) is 0. The van der Waals surface area contributed by atoms with Crippen LogP contribution in [0.25, 0.3) is 0 Å². The van der Waals surface area contributed by atoms with E-state index in [1.54, 1.807) is 44.9 Å². The molecule has 0 aromatic carbocycles. The van der Waals surface area contributed by atoms with E-state index in [1.165, 1.54) is 12.8 Å². The molecule has 0 aliphatic heterocycles. The van der Waals surface area contributed by atoms with Gasteiger partial charge in [-0.25, -0.2) is 0 Å². The lowest BCUT2D eigenvalue weighted by Gasteiger charge is -2.58. The van der Waals surface area contributed by atoms with Crippen molar-refractivity contribution in [1.29, 1.82) is 0 Å². The summed E-state index contributed by atoms with van der Waals surface area (Å²) >= 11 is 0. The van der Waals surface area contributed by atoms with Gasteiger partial charge < -0.3 is 0 Å². The summed E-state index contributed by atoms with van der Waals surface area (Å²) in [6.07, 6.45) is 14.0. The zero-order valence-corrected chi connectivity index (χ0v) is 11.2. The number of hydrogen-bond acceptors (Lipinski definition) is 0. The average Bonchev–Trinajstić information content (AvgIpc) is 2.16. The van der Waals surface area contributed by atoms with Crippen molar-refractivity contribution in [2.24, 2.45) is 29.1 Å². The SMILES string of the molecule is CC1CCC(CC2CC3(CC(C)C3)C2)CC1. The molecule has 0 heteroatoms. The maximum Gasteiger partial charge on any atom is -0.0287 e. The van der Waals surface area contributed by atoms with Gasteiger partial charge in [0.15, 0.2) is 0 Å². The summed E-state index contributed by atoms with van der Waals surface area (Å²) in [4.78, 5) is 0. The van der Waals surface area contributed by atoms with Crippen LogP contribution in [0, 0.1) is 29.1 Å². The van der Waals surface area contributed by atoms with E-state index < -0.39 is 0 Å². The average molecular weight is 220 g/mol. The largest absolute Gasteiger partial charge is 0.0625 e. The molecule has 0 N–H and O–H groups in total. The van der Waals surface area contributed by atoms with E-state index in [2.05, 4.69) is 13.8 Å². The Kier molecular flexibility index (Phi) is 2.80. The second-order valence-corrected chi connectivity index (χ2v) is 7.65. The third kappa shape index (κ3) is 2.05. The molecule has 3 aliphatic carbocycles. The minimum atomic E-state index is 0.881. The fraction of sp³-hybridized carbons (Fsp3) is 1.00. The van der Waals surface area contributed by atoms with Gasteiger partial charge in [-0.2, -0.15) is 0 Å². The van der Waals surface area contributed by atoms with Crippen LogP contribution in [0.4, 0.5) is 0 Å². The Morgan fingerprint density at radius 1 is 0.750 bits per heavy atom. The molecule has 0 saturated heterocycles. The van der Waals surface area contributed by atoms with E-state index in [0.717, 1.165) is 29.1 Å². The maximum absolute atomic E-state index is 2.43. The summed E-state index contributed by atoms with van der Waals surface area (Å²) in [5.41, 5.74) is 0.881. The second-order valence-electron chi connectivity index (χ2n) is 7.65. The Balaban J connectivity index is 1.38. The van der Waals surface area contributed by atoms with Crippen molar-refractivity contribution in [1.82, 2.24) is 0 Å². The van der Waals surface area contributed by atoms with Crippen LogP contribution in [-0.2, 0) is 0 Å². The standard InChI is InChI=1S/C16H28/c1-12-3-5-14(6-4-12)7-15-10-16(11-15)8-13(2)9-16/h12-15H,3-11H2,1-2H3. The number of hydrogen-bond donors (Lipinski definition) is 0. The summed E-state index contributed by atoms with van der Waals surface area (Å²) in [5, 5.41) is 0. The Labute approximate surface area is 101 Å². The van der Waals surface area contributed by atoms with E-state index in [9.17, 15) is 0 Å². The highest BCUT2D eigenvalue weighted by molar-refractivity contribution is 5.02. The van der Waals surface area contributed by atoms with E-state index >= 15 is 0 Å². The van der Waals surface area contributed by atoms with Gasteiger partial charge in [-0.1, -0.05) is 39.5 Å². The van der Waals surface area contributed by atoms with Gasteiger partial charge in [0.05, 0.1) is 0 Å². The van der Waals surface area contributed by atoms with E-state index in [1.807, 2.05) is 0 Å². The van der Waals surface area contributed by atoms with Gasteiger partial charge >= 0.3 is 0 Å². The van der Waals surface area contributed by atoms with Gasteiger partial charge in [0.2, 0.25) is 0 Å². The van der Waals surface area contributed by atoms with E-state index in [-0.39, 0.29) is 0 Å². The molecule has 0 aromatic heterocycles. The molecule has 0 atom stereocenters. The van der Waals surface area contributed by atoms with Gasteiger partial charge in [-0.15, -0.1) is 0 Å². The molecule has 1 spiro atoms. The lowest BCUT2D eigenvalue weighted by Crippen LogP contribution is -2.47. The molecule has 0 unspecified atom stereocenters. The highest BCUT2D eigenvalue weighted by Crippen LogP contribution is 2.62. The van der Waals surface area contributed by atoms with Crippen LogP contribution in [0.3, 0.4) is 0 Å². The first-order valence-corrected chi connectivity index (χ1v) is 7.65. The lowest BCUT2D eigenvalue weighted by atomic mass is 9.47. The molecule has 0 amide bonds. The molecular weight excluding hydrogens is 192 g/mol. The van der Waals surface area contributed by atoms with Gasteiger partial charge in [0.1, 0.15) is 0 Å². The molecule has 3 aliphatic rings. The predicted octanol–water partition coefficient (Wildman–Crippen LogP) is 5.03. The van der Waals surface area contributed by atoms with Crippen LogP contribution < -0.4 is 0 Å². The predicted molar refractivity (Wildman–Crippen MR) is 69.3 cm³/mol. The van der Waals surface area contributed by atoms with Crippen LogP contribution in [0.15, 0.2) is 0 Å². The minimum absolute atomic E-state index is 0.881. The van der Waals surface area contributed by atoms with Crippen molar-refractivity contribution in [3.63, 3.8) is 0 Å². The summed E-state index contributed by atoms with van der Waals surface area (Å²) in [7, 11) is 0. The Morgan fingerprint density at radius 2 is 1.38 bits per heavy atom. The molecule has 16 heavy (non-hydrogen) atoms. The van der Waals surface area contributed by atoms with Crippen LogP contribution in [-0.4, -0.2) is 0 Å². The molecule has 3 saturated carbocycles. The van der Waals surface area contributed by atoms with Crippen molar-refractivity contribution in [3.05, 3.63) is 0 Å². The van der Waals surface area contributed by atoms with Crippen LogP contribution in [0.2, 0.25) is 0 Å². The van der Waals surface area contributed by atoms with Gasteiger partial charge in [0.25, 0.3) is 0 Å². The molecule has 0 bridgehead atoms. The zero-order chi connectivity index (χ0) is 11.2. The zero-order valence-electron chi connectivity index (χ0n) is 11.2. The highest BCUT2D eigenvalue weighted by atomic mass is 14.6.